The number of pyridine rings is 1. The molecular formula is C23H27N3O3. The summed E-state index contributed by atoms with van der Waals surface area (Å²) in [4.78, 5) is 19.3. The summed E-state index contributed by atoms with van der Waals surface area (Å²) in [5, 5.41) is 1.77. The molecule has 0 aliphatic heterocycles. The molecule has 1 amide bonds. The molecule has 2 N–H and O–H groups in total. The predicted molar refractivity (Wildman–Crippen MR) is 114 cm³/mol. The van der Waals surface area contributed by atoms with E-state index in [-0.39, 0.29) is 18.4 Å². The van der Waals surface area contributed by atoms with Gasteiger partial charge in [0.15, 0.2) is 11.5 Å². The second-order valence-corrected chi connectivity index (χ2v) is 6.96. The number of carbonyl (C=O) groups excluding carboxylic acids is 1. The summed E-state index contributed by atoms with van der Waals surface area (Å²) in [7, 11) is 5.01. The molecule has 0 saturated heterocycles. The van der Waals surface area contributed by atoms with Crippen molar-refractivity contribution in [1.29, 1.82) is 0 Å². The van der Waals surface area contributed by atoms with E-state index in [4.69, 9.17) is 15.2 Å². The highest BCUT2D eigenvalue weighted by atomic mass is 16.5. The van der Waals surface area contributed by atoms with Crippen molar-refractivity contribution in [3.05, 3.63) is 65.5 Å². The van der Waals surface area contributed by atoms with Crippen molar-refractivity contribution in [1.82, 2.24) is 9.88 Å². The number of methoxy groups -OCH3 is 2. The monoisotopic (exact) mass is 393 g/mol. The number of hydrogen-bond acceptors (Lipinski definition) is 5. The van der Waals surface area contributed by atoms with Gasteiger partial charge in [-0.25, -0.2) is 0 Å². The first-order valence-corrected chi connectivity index (χ1v) is 9.53. The fraction of sp³-hybridized carbons (Fsp3) is 0.304. The first-order chi connectivity index (χ1) is 14.0. The second kappa shape index (κ2) is 8.92. The van der Waals surface area contributed by atoms with Crippen LogP contribution in [0.3, 0.4) is 0 Å². The predicted octanol–water partition coefficient (Wildman–Crippen LogP) is 3.47. The normalized spacial score (nSPS) is 11.9. The van der Waals surface area contributed by atoms with E-state index in [9.17, 15) is 4.79 Å². The van der Waals surface area contributed by atoms with Crippen molar-refractivity contribution in [2.24, 2.45) is 5.73 Å². The Morgan fingerprint density at radius 2 is 1.72 bits per heavy atom. The van der Waals surface area contributed by atoms with E-state index in [0.717, 1.165) is 27.6 Å². The first-order valence-electron chi connectivity index (χ1n) is 9.53. The molecule has 0 aliphatic rings. The highest BCUT2D eigenvalue weighted by Crippen LogP contribution is 2.35. The van der Waals surface area contributed by atoms with E-state index < -0.39 is 0 Å². The Hall–Kier alpha value is -3.12. The number of hydrogen-bond donors (Lipinski definition) is 1. The molecule has 0 radical (unpaired) electrons. The van der Waals surface area contributed by atoms with Crippen LogP contribution in [0.2, 0.25) is 0 Å². The van der Waals surface area contributed by atoms with E-state index >= 15 is 0 Å². The third kappa shape index (κ3) is 4.17. The minimum Gasteiger partial charge on any atom is -0.493 e. The van der Waals surface area contributed by atoms with Crippen molar-refractivity contribution in [3.8, 4) is 11.5 Å². The van der Waals surface area contributed by atoms with Crippen LogP contribution in [-0.4, -0.2) is 37.1 Å². The Morgan fingerprint density at radius 3 is 2.31 bits per heavy atom. The Balaban J connectivity index is 1.96. The minimum atomic E-state index is -0.0270. The van der Waals surface area contributed by atoms with Crippen LogP contribution in [-0.2, 0) is 17.8 Å². The average molecular weight is 393 g/mol. The number of likely N-dealkylation sites (N-methyl/N-ethyl adjacent to an activating group) is 1. The molecule has 1 unspecified atom stereocenters. The van der Waals surface area contributed by atoms with Crippen molar-refractivity contribution >= 4 is 16.7 Å². The van der Waals surface area contributed by atoms with E-state index in [1.54, 1.807) is 25.3 Å². The lowest BCUT2D eigenvalue weighted by molar-refractivity contribution is -0.131. The van der Waals surface area contributed by atoms with E-state index in [0.29, 0.717) is 18.0 Å². The first kappa shape index (κ1) is 20.6. The van der Waals surface area contributed by atoms with Crippen LogP contribution in [0.1, 0.15) is 29.8 Å². The van der Waals surface area contributed by atoms with Gasteiger partial charge in [0.2, 0.25) is 5.91 Å². The molecule has 29 heavy (non-hydrogen) atoms. The van der Waals surface area contributed by atoms with Gasteiger partial charge < -0.3 is 20.1 Å². The fourth-order valence-corrected chi connectivity index (χ4v) is 3.44. The van der Waals surface area contributed by atoms with Crippen LogP contribution in [0, 0.1) is 0 Å². The Morgan fingerprint density at radius 1 is 1.10 bits per heavy atom. The number of aromatic nitrogens is 1. The van der Waals surface area contributed by atoms with Gasteiger partial charge in [-0.2, -0.15) is 0 Å². The summed E-state index contributed by atoms with van der Waals surface area (Å²) in [6.45, 7) is 2.32. The SMILES string of the molecule is COc1cc2c(CC(=O)N(C)C(C)c3ccccc3)cnc(CN)c2cc1OC. The van der Waals surface area contributed by atoms with Gasteiger partial charge in [-0.05, 0) is 35.6 Å². The highest BCUT2D eigenvalue weighted by molar-refractivity contribution is 5.93. The molecule has 0 fully saturated rings. The van der Waals surface area contributed by atoms with Crippen LogP contribution >= 0.6 is 0 Å². The summed E-state index contributed by atoms with van der Waals surface area (Å²) >= 11 is 0. The number of carbonyl (C=O) groups is 1. The zero-order valence-corrected chi connectivity index (χ0v) is 17.3. The number of fused-ring (bicyclic) bond motifs is 1. The van der Waals surface area contributed by atoms with Gasteiger partial charge in [-0.15, -0.1) is 0 Å². The van der Waals surface area contributed by atoms with E-state index in [1.807, 2.05) is 56.4 Å². The molecule has 6 heteroatoms. The number of nitrogens with zero attached hydrogens (tertiary/aromatic N) is 2. The maximum Gasteiger partial charge on any atom is 0.227 e. The number of ether oxygens (including phenoxy) is 2. The number of benzene rings is 2. The van der Waals surface area contributed by atoms with Crippen molar-refractivity contribution in [2.75, 3.05) is 21.3 Å². The second-order valence-electron chi connectivity index (χ2n) is 6.96. The van der Waals surface area contributed by atoms with Gasteiger partial charge in [-0.1, -0.05) is 30.3 Å². The number of amides is 1. The fourth-order valence-electron chi connectivity index (χ4n) is 3.44. The zero-order valence-electron chi connectivity index (χ0n) is 17.3. The lowest BCUT2D eigenvalue weighted by Gasteiger charge is -2.26. The standard InChI is InChI=1S/C23H27N3O3/c1-15(16-8-6-5-7-9-16)26(2)23(27)10-17-14-25-20(13-24)19-12-22(29-4)21(28-3)11-18(17)19/h5-9,11-12,14-15H,10,13,24H2,1-4H3. The average Bonchev–Trinajstić information content (AvgIpc) is 2.77. The number of nitrogens with two attached hydrogens (primary N) is 1. The van der Waals surface area contributed by atoms with E-state index in [1.165, 1.54) is 0 Å². The van der Waals surface area contributed by atoms with Crippen molar-refractivity contribution in [3.63, 3.8) is 0 Å². The summed E-state index contributed by atoms with van der Waals surface area (Å²) in [6, 6.07) is 13.7. The Bertz CT molecular complexity index is 1010. The van der Waals surface area contributed by atoms with Gasteiger partial charge in [0.1, 0.15) is 0 Å². The Kier molecular flexibility index (Phi) is 6.34. The molecule has 152 valence electrons. The van der Waals surface area contributed by atoms with Crippen molar-refractivity contribution in [2.45, 2.75) is 25.9 Å². The molecule has 2 aromatic carbocycles. The van der Waals surface area contributed by atoms with Crippen LogP contribution in [0.5, 0.6) is 11.5 Å². The van der Waals surface area contributed by atoms with Gasteiger partial charge in [-0.3, -0.25) is 9.78 Å². The summed E-state index contributed by atoms with van der Waals surface area (Å²) in [6.07, 6.45) is 1.97. The van der Waals surface area contributed by atoms with Gasteiger partial charge >= 0.3 is 0 Å². The molecule has 3 rings (SSSR count). The third-order valence-electron chi connectivity index (χ3n) is 5.35. The Labute approximate surface area is 171 Å². The molecular weight excluding hydrogens is 366 g/mol. The maximum atomic E-state index is 13.0. The molecule has 0 spiro atoms. The summed E-state index contributed by atoms with van der Waals surface area (Å²) < 4.78 is 10.9. The highest BCUT2D eigenvalue weighted by Gasteiger charge is 2.20. The van der Waals surface area contributed by atoms with E-state index in [2.05, 4.69) is 4.98 Å². The smallest absolute Gasteiger partial charge is 0.227 e. The molecule has 0 saturated carbocycles. The van der Waals surface area contributed by atoms with Gasteiger partial charge in [0, 0.05) is 25.2 Å². The topological polar surface area (TPSA) is 77.7 Å². The van der Waals surface area contributed by atoms with Gasteiger partial charge in [0.25, 0.3) is 0 Å². The lowest BCUT2D eigenvalue weighted by atomic mass is 10.0. The minimum absolute atomic E-state index is 0.0136. The molecule has 1 heterocycles. The molecule has 1 atom stereocenters. The quantitative estimate of drug-likeness (QED) is 0.665. The molecule has 1 aromatic heterocycles. The van der Waals surface area contributed by atoms with Crippen LogP contribution in [0.4, 0.5) is 0 Å². The van der Waals surface area contributed by atoms with Crippen LogP contribution in [0.15, 0.2) is 48.7 Å². The third-order valence-corrected chi connectivity index (χ3v) is 5.35. The maximum absolute atomic E-state index is 13.0. The van der Waals surface area contributed by atoms with Crippen LogP contribution in [0.25, 0.3) is 10.8 Å². The molecule has 0 aliphatic carbocycles. The van der Waals surface area contributed by atoms with Crippen LogP contribution < -0.4 is 15.2 Å². The summed E-state index contributed by atoms with van der Waals surface area (Å²) in [5.74, 6) is 1.23. The largest absolute Gasteiger partial charge is 0.493 e. The lowest BCUT2D eigenvalue weighted by Crippen LogP contribution is -2.31. The molecule has 0 bridgehead atoms. The van der Waals surface area contributed by atoms with Gasteiger partial charge in [0.05, 0.1) is 32.4 Å². The van der Waals surface area contributed by atoms with Crippen molar-refractivity contribution < 1.29 is 14.3 Å². The summed E-state index contributed by atoms with van der Waals surface area (Å²) in [5.41, 5.74) is 8.55. The molecule has 3 aromatic rings. The molecule has 6 nitrogen and oxygen atoms in total. The number of rotatable bonds is 7. The zero-order chi connectivity index (χ0) is 21.0.